The summed E-state index contributed by atoms with van der Waals surface area (Å²) in [5, 5.41) is 1.18. The smallest absolute Gasteiger partial charge is 0.100 e. The van der Waals surface area contributed by atoms with Crippen LogP contribution in [0, 0.1) is 0 Å². The minimum atomic E-state index is 0.361. The monoisotopic (exact) mass is 262 g/mol. The van der Waals surface area contributed by atoms with E-state index in [-0.39, 0.29) is 0 Å². The number of nitrogens with zero attached hydrogens (tertiary/aromatic N) is 2. The molecule has 0 aliphatic carbocycles. The van der Waals surface area contributed by atoms with Gasteiger partial charge in [-0.1, -0.05) is 19.1 Å². The second-order valence-corrected chi connectivity index (χ2v) is 5.32. The lowest BCUT2D eigenvalue weighted by Crippen LogP contribution is -1.94. The molecule has 17 heavy (non-hydrogen) atoms. The van der Waals surface area contributed by atoms with Crippen LogP contribution in [-0.2, 0) is 0 Å². The van der Waals surface area contributed by atoms with Crippen LogP contribution < -0.4 is 0 Å². The number of rotatable bonds is 2. The summed E-state index contributed by atoms with van der Waals surface area (Å²) in [6, 6.07) is 6.39. The molecule has 3 rings (SSSR count). The maximum atomic E-state index is 5.89. The van der Waals surface area contributed by atoms with Crippen molar-refractivity contribution in [1.82, 2.24) is 9.97 Å². The Hall–Kier alpha value is -1.19. The summed E-state index contributed by atoms with van der Waals surface area (Å²) < 4.78 is 1.21. The first-order chi connectivity index (χ1) is 8.29. The van der Waals surface area contributed by atoms with Crippen LogP contribution in [0.5, 0.6) is 0 Å². The number of alkyl halides is 1. The molecule has 0 N–H and O–H groups in total. The van der Waals surface area contributed by atoms with E-state index in [1.807, 2.05) is 11.7 Å². The van der Waals surface area contributed by atoms with Crippen molar-refractivity contribution in [2.75, 3.05) is 5.88 Å². The number of halogens is 1. The number of fused-ring (bicyclic) bond motifs is 3. The third-order valence-corrected chi connectivity index (χ3v) is 4.33. The van der Waals surface area contributed by atoms with E-state index in [0.717, 1.165) is 11.0 Å². The van der Waals surface area contributed by atoms with Crippen LogP contribution in [0.2, 0.25) is 0 Å². The van der Waals surface area contributed by atoms with Crippen molar-refractivity contribution >= 4 is 44.1 Å². The fraction of sp³-hybridized carbons (Fsp3) is 0.231. The summed E-state index contributed by atoms with van der Waals surface area (Å²) >= 11 is 7.55. The second-order valence-electron chi connectivity index (χ2n) is 4.16. The number of benzene rings is 1. The highest BCUT2D eigenvalue weighted by Gasteiger charge is 2.08. The maximum Gasteiger partial charge on any atom is 0.100 e. The van der Waals surface area contributed by atoms with Crippen molar-refractivity contribution in [2.24, 2.45) is 0 Å². The van der Waals surface area contributed by atoms with Crippen LogP contribution in [0.15, 0.2) is 29.9 Å². The molecule has 2 heterocycles. The minimum Gasteiger partial charge on any atom is -0.254 e. The lowest BCUT2D eigenvalue weighted by molar-refractivity contribution is 0.877. The van der Waals surface area contributed by atoms with Gasteiger partial charge in [0.05, 0.1) is 21.9 Å². The Morgan fingerprint density at radius 1 is 1.29 bits per heavy atom. The molecule has 1 atom stereocenters. The predicted octanol–water partition coefficient (Wildman–Crippen LogP) is 4.19. The predicted molar refractivity (Wildman–Crippen MR) is 74.1 cm³/mol. The first kappa shape index (κ1) is 10.9. The molecule has 0 amide bonds. The average Bonchev–Trinajstić information content (AvgIpc) is 2.85. The third-order valence-electron chi connectivity index (χ3n) is 2.99. The van der Waals surface area contributed by atoms with Crippen LogP contribution in [-0.4, -0.2) is 15.8 Å². The molecular formula is C13H11ClN2S. The van der Waals surface area contributed by atoms with Crippen molar-refractivity contribution in [3.05, 3.63) is 35.5 Å². The SMILES string of the molecule is CC(CCl)c1ccc2c(c1)ncc1ncsc12. The largest absolute Gasteiger partial charge is 0.254 e. The Balaban J connectivity index is 2.26. The summed E-state index contributed by atoms with van der Waals surface area (Å²) in [5.74, 6) is 0.994. The molecule has 4 heteroatoms. The number of aromatic nitrogens is 2. The topological polar surface area (TPSA) is 25.8 Å². The second kappa shape index (κ2) is 4.24. The molecule has 0 saturated carbocycles. The molecule has 0 saturated heterocycles. The Kier molecular flexibility index (Phi) is 2.73. The van der Waals surface area contributed by atoms with Crippen LogP contribution in [0.25, 0.3) is 21.1 Å². The minimum absolute atomic E-state index is 0.361. The van der Waals surface area contributed by atoms with Crippen LogP contribution in [0.1, 0.15) is 18.4 Å². The molecule has 1 unspecified atom stereocenters. The molecule has 2 nitrogen and oxygen atoms in total. The van der Waals surface area contributed by atoms with Crippen molar-refractivity contribution in [1.29, 1.82) is 0 Å². The highest BCUT2D eigenvalue weighted by atomic mass is 35.5. The molecule has 0 radical (unpaired) electrons. The summed E-state index contributed by atoms with van der Waals surface area (Å²) in [6.07, 6.45) is 1.84. The third kappa shape index (κ3) is 1.79. The fourth-order valence-electron chi connectivity index (χ4n) is 1.92. The molecule has 2 aromatic heterocycles. The lowest BCUT2D eigenvalue weighted by atomic mass is 10.0. The van der Waals surface area contributed by atoms with Crippen molar-refractivity contribution in [3.63, 3.8) is 0 Å². The molecule has 0 aliphatic heterocycles. The molecule has 0 bridgehead atoms. The summed E-state index contributed by atoms with van der Waals surface area (Å²) in [5.41, 5.74) is 5.10. The van der Waals surface area contributed by atoms with Gasteiger partial charge in [0.25, 0.3) is 0 Å². The number of hydrogen-bond donors (Lipinski definition) is 0. The Morgan fingerprint density at radius 2 is 2.18 bits per heavy atom. The number of hydrogen-bond acceptors (Lipinski definition) is 3. The van der Waals surface area contributed by atoms with Gasteiger partial charge in [-0.2, -0.15) is 0 Å². The highest BCUT2D eigenvalue weighted by molar-refractivity contribution is 7.17. The molecule has 0 aliphatic rings. The zero-order chi connectivity index (χ0) is 11.8. The Bertz CT molecular complexity index is 677. The van der Waals surface area contributed by atoms with E-state index in [1.165, 1.54) is 15.6 Å². The molecule has 0 fully saturated rings. The summed E-state index contributed by atoms with van der Waals surface area (Å²) in [6.45, 7) is 2.12. The van der Waals surface area contributed by atoms with Gasteiger partial charge < -0.3 is 0 Å². The van der Waals surface area contributed by atoms with Gasteiger partial charge >= 0.3 is 0 Å². The van der Waals surface area contributed by atoms with Gasteiger partial charge in [0, 0.05) is 11.3 Å². The van der Waals surface area contributed by atoms with E-state index >= 15 is 0 Å². The quantitative estimate of drug-likeness (QED) is 0.647. The highest BCUT2D eigenvalue weighted by Crippen LogP contribution is 2.28. The molecule has 0 spiro atoms. The Labute approximate surface area is 108 Å². The van der Waals surface area contributed by atoms with Gasteiger partial charge in [-0.15, -0.1) is 22.9 Å². The van der Waals surface area contributed by atoms with Gasteiger partial charge in [-0.05, 0) is 17.5 Å². The average molecular weight is 263 g/mol. The van der Waals surface area contributed by atoms with Gasteiger partial charge in [-0.3, -0.25) is 4.98 Å². The summed E-state index contributed by atoms with van der Waals surface area (Å²) in [7, 11) is 0. The fourth-order valence-corrected chi connectivity index (χ4v) is 2.90. The van der Waals surface area contributed by atoms with E-state index in [4.69, 9.17) is 11.6 Å². The Morgan fingerprint density at radius 3 is 3.00 bits per heavy atom. The first-order valence-electron chi connectivity index (χ1n) is 5.47. The van der Waals surface area contributed by atoms with Crippen LogP contribution in [0.3, 0.4) is 0 Å². The number of pyridine rings is 1. The van der Waals surface area contributed by atoms with Gasteiger partial charge in [0.1, 0.15) is 5.52 Å². The van der Waals surface area contributed by atoms with Crippen molar-refractivity contribution in [2.45, 2.75) is 12.8 Å². The molecule has 3 aromatic rings. The zero-order valence-corrected chi connectivity index (χ0v) is 10.9. The van der Waals surface area contributed by atoms with E-state index in [0.29, 0.717) is 11.8 Å². The first-order valence-corrected chi connectivity index (χ1v) is 6.89. The van der Waals surface area contributed by atoms with Gasteiger partial charge in [-0.25, -0.2) is 4.98 Å². The number of thiazole rings is 1. The van der Waals surface area contributed by atoms with E-state index in [9.17, 15) is 0 Å². The zero-order valence-electron chi connectivity index (χ0n) is 9.35. The van der Waals surface area contributed by atoms with Crippen molar-refractivity contribution < 1.29 is 0 Å². The van der Waals surface area contributed by atoms with E-state index in [2.05, 4.69) is 35.1 Å². The van der Waals surface area contributed by atoms with E-state index in [1.54, 1.807) is 11.3 Å². The van der Waals surface area contributed by atoms with E-state index < -0.39 is 0 Å². The molecular weight excluding hydrogens is 252 g/mol. The standard InChI is InChI=1S/C13H11ClN2S/c1-8(5-14)9-2-3-10-11(4-9)15-6-12-13(10)17-7-16-12/h2-4,6-8H,5H2,1H3. The van der Waals surface area contributed by atoms with Gasteiger partial charge in [0.2, 0.25) is 0 Å². The molecule has 1 aromatic carbocycles. The van der Waals surface area contributed by atoms with Crippen LogP contribution in [0.4, 0.5) is 0 Å². The maximum absolute atomic E-state index is 5.89. The normalized spacial score (nSPS) is 13.3. The molecule has 86 valence electrons. The van der Waals surface area contributed by atoms with Gasteiger partial charge in [0.15, 0.2) is 0 Å². The van der Waals surface area contributed by atoms with Crippen molar-refractivity contribution in [3.8, 4) is 0 Å². The van der Waals surface area contributed by atoms with Crippen LogP contribution >= 0.6 is 22.9 Å². The lowest BCUT2D eigenvalue weighted by Gasteiger charge is -2.08. The summed E-state index contributed by atoms with van der Waals surface area (Å²) in [4.78, 5) is 8.74.